The topological polar surface area (TPSA) is 49.2 Å². The van der Waals surface area contributed by atoms with Crippen molar-refractivity contribution in [2.75, 3.05) is 24.6 Å². The smallest absolute Gasteiger partial charge is 0.0950 e. The maximum Gasteiger partial charge on any atom is 0.0950 e. The number of nitrogens with zero attached hydrogens (tertiary/aromatic N) is 3. The Balaban J connectivity index is 2.48. The van der Waals surface area contributed by atoms with Crippen molar-refractivity contribution in [1.82, 2.24) is 10.2 Å². The molecule has 1 N–H and O–H groups in total. The Bertz CT molecular complexity index is 507. The minimum absolute atomic E-state index is 0.102. The van der Waals surface area contributed by atoms with Gasteiger partial charge in [-0.1, -0.05) is 24.3 Å². The fourth-order valence-electron chi connectivity index (χ4n) is 1.83. The van der Waals surface area contributed by atoms with Crippen LogP contribution in [0, 0.1) is 0 Å². The lowest BCUT2D eigenvalue weighted by molar-refractivity contribution is 0.303. The second-order valence-corrected chi connectivity index (χ2v) is 3.71. The van der Waals surface area contributed by atoms with Crippen LogP contribution in [0.2, 0.25) is 0 Å². The fourth-order valence-corrected chi connectivity index (χ4v) is 1.83. The first-order valence-corrected chi connectivity index (χ1v) is 5.54. The van der Waals surface area contributed by atoms with E-state index in [1.807, 2.05) is 35.2 Å². The molecule has 0 bridgehead atoms. The van der Waals surface area contributed by atoms with E-state index in [4.69, 9.17) is 5.11 Å². The summed E-state index contributed by atoms with van der Waals surface area (Å²) in [6.07, 6.45) is 3.53. The van der Waals surface area contributed by atoms with Gasteiger partial charge in [0.1, 0.15) is 0 Å². The molecule has 4 heteroatoms. The lowest BCUT2D eigenvalue weighted by Gasteiger charge is -2.22. The summed E-state index contributed by atoms with van der Waals surface area (Å²) < 4.78 is 0. The predicted molar refractivity (Wildman–Crippen MR) is 69.0 cm³/mol. The molecule has 0 aliphatic rings. The normalized spacial score (nSPS) is 10.4. The lowest BCUT2D eigenvalue weighted by atomic mass is 10.2. The van der Waals surface area contributed by atoms with Gasteiger partial charge in [0.05, 0.1) is 24.0 Å². The third-order valence-electron chi connectivity index (χ3n) is 2.59. The Labute approximate surface area is 100 Å². The Hall–Kier alpha value is -1.94. The Morgan fingerprint density at radius 2 is 2.18 bits per heavy atom. The van der Waals surface area contributed by atoms with Gasteiger partial charge in [0.25, 0.3) is 0 Å². The monoisotopic (exact) mass is 229 g/mol. The number of rotatable bonds is 5. The standard InChI is InChI=1S/C13H15N3O/c1-2-7-16(8-9-17)13-10-14-15-12-6-4-3-5-11(12)13/h2-6,10,17H,1,7-9H2. The van der Waals surface area contributed by atoms with Gasteiger partial charge in [-0.05, 0) is 6.07 Å². The molecule has 0 aliphatic carbocycles. The van der Waals surface area contributed by atoms with E-state index in [9.17, 15) is 0 Å². The number of hydrogen-bond acceptors (Lipinski definition) is 4. The molecule has 0 unspecified atom stereocenters. The van der Waals surface area contributed by atoms with Crippen LogP contribution in [0.25, 0.3) is 10.9 Å². The molecule has 0 radical (unpaired) electrons. The van der Waals surface area contributed by atoms with E-state index in [2.05, 4.69) is 16.8 Å². The predicted octanol–water partition coefficient (Wildman–Crippen LogP) is 1.61. The molecule has 1 aromatic heterocycles. The van der Waals surface area contributed by atoms with Gasteiger partial charge < -0.3 is 10.0 Å². The lowest BCUT2D eigenvalue weighted by Crippen LogP contribution is -2.27. The van der Waals surface area contributed by atoms with Gasteiger partial charge in [0.2, 0.25) is 0 Å². The van der Waals surface area contributed by atoms with Crippen molar-refractivity contribution in [3.63, 3.8) is 0 Å². The molecule has 1 heterocycles. The van der Waals surface area contributed by atoms with Crippen LogP contribution in [0.4, 0.5) is 5.69 Å². The minimum atomic E-state index is 0.102. The van der Waals surface area contributed by atoms with Crippen LogP contribution in [0.3, 0.4) is 0 Å². The molecule has 4 nitrogen and oxygen atoms in total. The Kier molecular flexibility index (Phi) is 3.67. The number of fused-ring (bicyclic) bond motifs is 1. The molecule has 2 rings (SSSR count). The summed E-state index contributed by atoms with van der Waals surface area (Å²) in [5, 5.41) is 18.2. The molecule has 0 saturated carbocycles. The Morgan fingerprint density at radius 1 is 1.35 bits per heavy atom. The summed E-state index contributed by atoms with van der Waals surface area (Å²) in [6.45, 7) is 5.06. The largest absolute Gasteiger partial charge is 0.395 e. The van der Waals surface area contributed by atoms with Crippen molar-refractivity contribution < 1.29 is 5.11 Å². The van der Waals surface area contributed by atoms with E-state index in [0.717, 1.165) is 16.6 Å². The van der Waals surface area contributed by atoms with E-state index < -0.39 is 0 Å². The number of aliphatic hydroxyl groups excluding tert-OH is 1. The molecular formula is C13H15N3O. The van der Waals surface area contributed by atoms with Crippen LogP contribution >= 0.6 is 0 Å². The van der Waals surface area contributed by atoms with Crippen LogP contribution in [0.5, 0.6) is 0 Å². The molecule has 0 fully saturated rings. The number of anilines is 1. The van der Waals surface area contributed by atoms with E-state index in [1.54, 1.807) is 6.20 Å². The minimum Gasteiger partial charge on any atom is -0.395 e. The van der Waals surface area contributed by atoms with Gasteiger partial charge in [0.15, 0.2) is 0 Å². The molecule has 0 atom stereocenters. The number of hydrogen-bond donors (Lipinski definition) is 1. The van der Waals surface area contributed by atoms with Crippen molar-refractivity contribution in [1.29, 1.82) is 0 Å². The van der Waals surface area contributed by atoms with Crippen molar-refractivity contribution in [3.8, 4) is 0 Å². The zero-order valence-electron chi connectivity index (χ0n) is 9.58. The molecular weight excluding hydrogens is 214 g/mol. The van der Waals surface area contributed by atoms with Crippen molar-refractivity contribution >= 4 is 16.6 Å². The maximum absolute atomic E-state index is 9.08. The SMILES string of the molecule is C=CCN(CCO)c1cnnc2ccccc12. The highest BCUT2D eigenvalue weighted by Crippen LogP contribution is 2.23. The number of benzene rings is 1. The van der Waals surface area contributed by atoms with Gasteiger partial charge in [0, 0.05) is 18.5 Å². The zero-order chi connectivity index (χ0) is 12.1. The zero-order valence-corrected chi connectivity index (χ0v) is 9.58. The molecule has 17 heavy (non-hydrogen) atoms. The van der Waals surface area contributed by atoms with Crippen molar-refractivity contribution in [2.24, 2.45) is 0 Å². The van der Waals surface area contributed by atoms with Crippen LogP contribution in [-0.4, -0.2) is 35.0 Å². The second-order valence-electron chi connectivity index (χ2n) is 3.71. The summed E-state index contributed by atoms with van der Waals surface area (Å²) in [4.78, 5) is 2.03. The summed E-state index contributed by atoms with van der Waals surface area (Å²) in [6, 6.07) is 7.84. The first-order chi connectivity index (χ1) is 8.36. The van der Waals surface area contributed by atoms with Gasteiger partial charge in [-0.25, -0.2) is 0 Å². The quantitative estimate of drug-likeness (QED) is 0.791. The summed E-state index contributed by atoms with van der Waals surface area (Å²) in [7, 11) is 0. The highest BCUT2D eigenvalue weighted by Gasteiger charge is 2.09. The summed E-state index contributed by atoms with van der Waals surface area (Å²) in [5.41, 5.74) is 1.83. The third kappa shape index (κ3) is 2.42. The van der Waals surface area contributed by atoms with Crippen LogP contribution in [0.15, 0.2) is 43.1 Å². The Morgan fingerprint density at radius 3 is 2.94 bits per heavy atom. The fraction of sp³-hybridized carbons (Fsp3) is 0.231. The molecule has 2 aromatic rings. The maximum atomic E-state index is 9.08. The van der Waals surface area contributed by atoms with Crippen molar-refractivity contribution in [2.45, 2.75) is 0 Å². The average molecular weight is 229 g/mol. The van der Waals surface area contributed by atoms with E-state index in [-0.39, 0.29) is 6.61 Å². The average Bonchev–Trinajstić information content (AvgIpc) is 2.38. The first kappa shape index (κ1) is 11.5. The van der Waals surface area contributed by atoms with Crippen LogP contribution in [0.1, 0.15) is 0 Å². The van der Waals surface area contributed by atoms with Gasteiger partial charge in [-0.15, -0.1) is 6.58 Å². The van der Waals surface area contributed by atoms with Gasteiger partial charge in [-0.2, -0.15) is 10.2 Å². The molecule has 88 valence electrons. The molecule has 0 aliphatic heterocycles. The molecule has 0 amide bonds. The summed E-state index contributed by atoms with van der Waals surface area (Å²) >= 11 is 0. The molecule has 0 spiro atoms. The van der Waals surface area contributed by atoms with E-state index in [0.29, 0.717) is 13.1 Å². The van der Waals surface area contributed by atoms with E-state index >= 15 is 0 Å². The number of aliphatic hydroxyl groups is 1. The van der Waals surface area contributed by atoms with Crippen LogP contribution in [-0.2, 0) is 0 Å². The van der Waals surface area contributed by atoms with E-state index in [1.165, 1.54) is 0 Å². The second kappa shape index (κ2) is 5.41. The van der Waals surface area contributed by atoms with Gasteiger partial charge >= 0.3 is 0 Å². The highest BCUT2D eigenvalue weighted by atomic mass is 16.3. The first-order valence-electron chi connectivity index (χ1n) is 5.54. The molecule has 1 aromatic carbocycles. The third-order valence-corrected chi connectivity index (χ3v) is 2.59. The summed E-state index contributed by atoms with van der Waals surface area (Å²) in [5.74, 6) is 0. The molecule has 0 saturated heterocycles. The van der Waals surface area contributed by atoms with Gasteiger partial charge in [-0.3, -0.25) is 0 Å². The van der Waals surface area contributed by atoms with Crippen molar-refractivity contribution in [3.05, 3.63) is 43.1 Å². The number of aromatic nitrogens is 2. The highest BCUT2D eigenvalue weighted by molar-refractivity contribution is 5.90. The van der Waals surface area contributed by atoms with Crippen LogP contribution < -0.4 is 4.90 Å².